The van der Waals surface area contributed by atoms with E-state index in [2.05, 4.69) is 12.2 Å². The first-order valence-electron chi connectivity index (χ1n) is 9.58. The van der Waals surface area contributed by atoms with Gasteiger partial charge in [-0.25, -0.2) is 0 Å². The lowest BCUT2D eigenvalue weighted by Crippen LogP contribution is -2.65. The van der Waals surface area contributed by atoms with Crippen LogP contribution >= 0.6 is 23.4 Å². The zero-order chi connectivity index (χ0) is 20.3. The maximum Gasteiger partial charge on any atom is 0.237 e. The Morgan fingerprint density at radius 3 is 2.56 bits per heavy atom. The second-order valence-corrected chi connectivity index (χ2v) is 9.36. The van der Waals surface area contributed by atoms with Crippen molar-refractivity contribution in [3.63, 3.8) is 0 Å². The van der Waals surface area contributed by atoms with Gasteiger partial charge in [0.05, 0.1) is 17.5 Å². The summed E-state index contributed by atoms with van der Waals surface area (Å²) in [6, 6.07) is -0.934. The molecule has 7 nitrogen and oxygen atoms in total. The van der Waals surface area contributed by atoms with E-state index in [1.165, 1.54) is 11.8 Å². The van der Waals surface area contributed by atoms with Crippen LogP contribution in [0.5, 0.6) is 0 Å². The molecule has 0 spiro atoms. The number of aliphatic hydroxyl groups excluding tert-OH is 3. The number of alkyl halides is 1. The van der Waals surface area contributed by atoms with Gasteiger partial charge in [-0.15, -0.1) is 23.4 Å². The predicted octanol–water partition coefficient (Wildman–Crippen LogP) is 0.390. The number of nitrogens with one attached hydrogen (secondary N) is 1. The van der Waals surface area contributed by atoms with Crippen molar-refractivity contribution in [1.29, 1.82) is 0 Å². The van der Waals surface area contributed by atoms with Crippen molar-refractivity contribution in [1.82, 2.24) is 10.2 Å². The first-order valence-corrected chi connectivity index (χ1v) is 11.3. The fourth-order valence-corrected chi connectivity index (χ4v) is 5.00. The van der Waals surface area contributed by atoms with Crippen molar-refractivity contribution in [2.24, 2.45) is 5.92 Å². The summed E-state index contributed by atoms with van der Waals surface area (Å²) in [5.41, 5.74) is -0.702. The van der Waals surface area contributed by atoms with E-state index in [0.717, 1.165) is 25.8 Å². The van der Waals surface area contributed by atoms with E-state index < -0.39 is 41.3 Å². The number of carbonyl (C=O) groups excluding carboxylic acids is 1. The summed E-state index contributed by atoms with van der Waals surface area (Å²) in [5.74, 6) is 0.350. The standard InChI is InChI=1S/C18H33ClN2O5S/c1-5-6-10-7-11(21(3)8-10)17(25)20-12(9(2)19)16-14(23)13(22)15(24)18(26-16)27-4/h9-16,18,22-24H,5-8H2,1-4H3,(H,20,25)/t9-,10-,11+,12+,13+,14-,15-,16+,18-/m1/s1. The molecule has 27 heavy (non-hydrogen) atoms. The molecule has 2 heterocycles. The second-order valence-electron chi connectivity index (χ2n) is 7.73. The van der Waals surface area contributed by atoms with Crippen LogP contribution in [0, 0.1) is 5.92 Å². The summed E-state index contributed by atoms with van der Waals surface area (Å²) in [6.07, 6.45) is -0.0980. The summed E-state index contributed by atoms with van der Waals surface area (Å²) in [7, 11) is 1.94. The zero-order valence-electron chi connectivity index (χ0n) is 16.4. The largest absolute Gasteiger partial charge is 0.388 e. The third-order valence-electron chi connectivity index (χ3n) is 5.63. The van der Waals surface area contributed by atoms with E-state index in [9.17, 15) is 20.1 Å². The highest BCUT2D eigenvalue weighted by Crippen LogP contribution is 2.31. The summed E-state index contributed by atoms with van der Waals surface area (Å²) < 4.78 is 5.79. The molecular weight excluding hydrogens is 392 g/mol. The fraction of sp³-hybridized carbons (Fsp3) is 0.944. The lowest BCUT2D eigenvalue weighted by molar-refractivity contribution is -0.205. The van der Waals surface area contributed by atoms with Gasteiger partial charge in [-0.3, -0.25) is 9.69 Å². The number of carbonyl (C=O) groups is 1. The molecule has 0 aromatic heterocycles. The molecule has 158 valence electrons. The van der Waals surface area contributed by atoms with Crippen LogP contribution in [0.2, 0.25) is 0 Å². The van der Waals surface area contributed by atoms with E-state index in [-0.39, 0.29) is 11.9 Å². The van der Waals surface area contributed by atoms with E-state index in [4.69, 9.17) is 16.3 Å². The number of hydrogen-bond donors (Lipinski definition) is 4. The number of nitrogens with zero attached hydrogens (tertiary/aromatic N) is 1. The monoisotopic (exact) mass is 424 g/mol. The van der Waals surface area contributed by atoms with Crippen molar-refractivity contribution in [3.8, 4) is 0 Å². The van der Waals surface area contributed by atoms with Crippen LogP contribution < -0.4 is 5.32 Å². The molecular formula is C18H33ClN2O5S. The summed E-state index contributed by atoms with van der Waals surface area (Å²) in [5, 5.41) is 33.0. The molecule has 2 aliphatic rings. The highest BCUT2D eigenvalue weighted by atomic mass is 35.5. The summed E-state index contributed by atoms with van der Waals surface area (Å²) >= 11 is 7.55. The molecule has 1 amide bonds. The van der Waals surface area contributed by atoms with Gasteiger partial charge >= 0.3 is 0 Å². The third-order valence-corrected chi connectivity index (χ3v) is 6.76. The molecule has 2 fully saturated rings. The van der Waals surface area contributed by atoms with Gasteiger partial charge in [0.1, 0.15) is 29.9 Å². The van der Waals surface area contributed by atoms with E-state index in [0.29, 0.717) is 5.92 Å². The van der Waals surface area contributed by atoms with Gasteiger partial charge in [-0.05, 0) is 39.0 Å². The highest BCUT2D eigenvalue weighted by Gasteiger charge is 2.48. The number of aliphatic hydroxyl groups is 3. The number of likely N-dealkylation sites (tertiary alicyclic amines) is 1. The maximum absolute atomic E-state index is 12.9. The van der Waals surface area contributed by atoms with Gasteiger partial charge < -0.3 is 25.4 Å². The molecule has 9 atom stereocenters. The van der Waals surface area contributed by atoms with Crippen LogP contribution in [0.25, 0.3) is 0 Å². The molecule has 0 bridgehead atoms. The predicted molar refractivity (Wildman–Crippen MR) is 107 cm³/mol. The van der Waals surface area contributed by atoms with Crippen molar-refractivity contribution in [3.05, 3.63) is 0 Å². The zero-order valence-corrected chi connectivity index (χ0v) is 18.0. The number of thioether (sulfide) groups is 1. The van der Waals surface area contributed by atoms with Crippen LogP contribution in [0.3, 0.4) is 0 Å². The second kappa shape index (κ2) is 10.1. The Kier molecular flexibility index (Phi) is 8.67. The van der Waals surface area contributed by atoms with Crippen molar-refractivity contribution < 1.29 is 24.9 Å². The number of likely N-dealkylation sites (N-methyl/N-ethyl adjacent to an activating group) is 1. The third kappa shape index (κ3) is 5.29. The number of halogens is 1. The molecule has 2 aliphatic heterocycles. The molecule has 0 radical (unpaired) electrons. The van der Waals surface area contributed by atoms with Gasteiger partial charge in [0.25, 0.3) is 0 Å². The molecule has 2 saturated heterocycles. The topological polar surface area (TPSA) is 102 Å². The number of amides is 1. The minimum Gasteiger partial charge on any atom is -0.388 e. The number of ether oxygens (including phenoxy) is 1. The van der Waals surface area contributed by atoms with Gasteiger partial charge in [0, 0.05) is 6.54 Å². The Morgan fingerprint density at radius 1 is 1.33 bits per heavy atom. The minimum absolute atomic E-state index is 0.147. The van der Waals surface area contributed by atoms with Crippen molar-refractivity contribution >= 4 is 29.3 Å². The molecule has 0 aromatic carbocycles. The van der Waals surface area contributed by atoms with Crippen molar-refractivity contribution in [2.75, 3.05) is 19.8 Å². The molecule has 0 aromatic rings. The van der Waals surface area contributed by atoms with Crippen LogP contribution in [-0.4, -0.2) is 93.3 Å². The molecule has 0 saturated carbocycles. The molecule has 4 N–H and O–H groups in total. The van der Waals surface area contributed by atoms with Crippen LogP contribution in [0.4, 0.5) is 0 Å². The van der Waals surface area contributed by atoms with E-state index in [1.54, 1.807) is 13.2 Å². The van der Waals surface area contributed by atoms with Gasteiger partial charge in [-0.2, -0.15) is 0 Å². The summed E-state index contributed by atoms with van der Waals surface area (Å²) in [6.45, 7) is 4.74. The smallest absolute Gasteiger partial charge is 0.237 e. The minimum atomic E-state index is -1.36. The van der Waals surface area contributed by atoms with Gasteiger partial charge in [0.2, 0.25) is 5.91 Å². The normalized spacial score (nSPS) is 39.9. The SMILES string of the molecule is CCC[C@@H]1C[C@@H](C(=O)N[C@H]([C@@H]2O[C@H](SC)[C@H](O)[C@@H](O)[C@H]2O)[C@@H](C)Cl)N(C)C1. The molecule has 2 rings (SSSR count). The van der Waals surface area contributed by atoms with Crippen LogP contribution in [0.15, 0.2) is 0 Å². The lowest BCUT2D eigenvalue weighted by Gasteiger charge is -2.44. The molecule has 0 aliphatic carbocycles. The van der Waals surface area contributed by atoms with Crippen molar-refractivity contribution in [2.45, 2.75) is 80.4 Å². The average molecular weight is 425 g/mol. The molecule has 9 heteroatoms. The Morgan fingerprint density at radius 2 is 2.00 bits per heavy atom. The molecule has 0 unspecified atom stereocenters. The maximum atomic E-state index is 12.9. The van der Waals surface area contributed by atoms with Crippen LogP contribution in [0.1, 0.15) is 33.1 Å². The highest BCUT2D eigenvalue weighted by molar-refractivity contribution is 7.99. The lowest BCUT2D eigenvalue weighted by atomic mass is 9.92. The fourth-order valence-electron chi connectivity index (χ4n) is 4.11. The van der Waals surface area contributed by atoms with Gasteiger partial charge in [0.15, 0.2) is 0 Å². The average Bonchev–Trinajstić information content (AvgIpc) is 2.99. The van der Waals surface area contributed by atoms with Gasteiger partial charge in [-0.1, -0.05) is 13.3 Å². The first-order chi connectivity index (χ1) is 12.7. The first kappa shape index (κ1) is 23.2. The number of hydrogen-bond acceptors (Lipinski definition) is 7. The summed E-state index contributed by atoms with van der Waals surface area (Å²) in [4.78, 5) is 14.9. The Labute approximate surface area is 170 Å². The Balaban J connectivity index is 2.09. The Hall–Kier alpha value is -0.0900. The van der Waals surface area contributed by atoms with Crippen LogP contribution in [-0.2, 0) is 9.53 Å². The number of rotatable bonds is 7. The Bertz CT molecular complexity index is 498. The quantitative estimate of drug-likeness (QED) is 0.438. The van der Waals surface area contributed by atoms with E-state index >= 15 is 0 Å². The van der Waals surface area contributed by atoms with E-state index in [1.807, 2.05) is 11.9 Å².